The van der Waals surface area contributed by atoms with Crippen LogP contribution in [0.15, 0.2) is 150 Å². The standard InChI is InChI=1S/C45H34N2O/c1-3-29-20-24-39-37(26-29)33-15-7-9-18-38(33)47(39)44-28(2)12-11-17-32(44)30-21-22-36-41(27-30)46(31-13-5-4-6-14-31)40-25-23-35-34-16-8-10-19-42(34)48-45(35)43(36)40/h4-27,36,41H,3H2,1-2H3. The van der Waals surface area contributed by atoms with Gasteiger partial charge in [0.15, 0.2) is 0 Å². The van der Waals surface area contributed by atoms with Crippen molar-refractivity contribution in [2.24, 2.45) is 0 Å². The van der Waals surface area contributed by atoms with Crippen molar-refractivity contribution in [3.05, 3.63) is 168 Å². The van der Waals surface area contributed by atoms with Gasteiger partial charge in [0.2, 0.25) is 0 Å². The smallest absolute Gasteiger partial charge is 0.141 e. The van der Waals surface area contributed by atoms with Crippen LogP contribution in [0.3, 0.4) is 0 Å². The molecule has 2 atom stereocenters. The Bertz CT molecular complexity index is 2630. The summed E-state index contributed by atoms with van der Waals surface area (Å²) >= 11 is 0. The van der Waals surface area contributed by atoms with Gasteiger partial charge in [0.1, 0.15) is 11.2 Å². The highest BCUT2D eigenvalue weighted by Crippen LogP contribution is 2.53. The number of furan rings is 1. The second-order valence-corrected chi connectivity index (χ2v) is 13.2. The van der Waals surface area contributed by atoms with Crippen LogP contribution in [0, 0.1) is 6.92 Å². The average Bonchev–Trinajstić information content (AvgIpc) is 3.79. The van der Waals surface area contributed by atoms with Crippen LogP contribution in [0.2, 0.25) is 0 Å². The molecular weight excluding hydrogens is 585 g/mol. The number of para-hydroxylation sites is 4. The molecule has 2 aliphatic rings. The highest BCUT2D eigenvalue weighted by atomic mass is 16.3. The molecule has 10 rings (SSSR count). The molecule has 2 aromatic heterocycles. The van der Waals surface area contributed by atoms with E-state index in [0.29, 0.717) is 0 Å². The summed E-state index contributed by atoms with van der Waals surface area (Å²) in [6, 6.07) is 46.4. The van der Waals surface area contributed by atoms with Crippen molar-refractivity contribution in [1.29, 1.82) is 0 Å². The molecule has 0 radical (unpaired) electrons. The zero-order chi connectivity index (χ0) is 31.9. The van der Waals surface area contributed by atoms with E-state index in [4.69, 9.17) is 4.42 Å². The number of benzene rings is 6. The Morgan fingerprint density at radius 2 is 1.48 bits per heavy atom. The van der Waals surface area contributed by atoms with E-state index in [0.717, 1.165) is 17.6 Å². The van der Waals surface area contributed by atoms with Crippen molar-refractivity contribution in [3.63, 3.8) is 0 Å². The molecule has 3 nitrogen and oxygen atoms in total. The molecule has 3 heteroatoms. The summed E-state index contributed by atoms with van der Waals surface area (Å²) < 4.78 is 9.13. The summed E-state index contributed by atoms with van der Waals surface area (Å²) in [7, 11) is 0. The average molecular weight is 619 g/mol. The van der Waals surface area contributed by atoms with Crippen molar-refractivity contribution < 1.29 is 4.42 Å². The van der Waals surface area contributed by atoms with Crippen molar-refractivity contribution in [3.8, 4) is 5.69 Å². The van der Waals surface area contributed by atoms with Crippen molar-refractivity contribution in [2.45, 2.75) is 32.2 Å². The fourth-order valence-electron chi connectivity index (χ4n) is 8.41. The van der Waals surface area contributed by atoms with Gasteiger partial charge < -0.3 is 13.9 Å². The first-order valence-electron chi connectivity index (χ1n) is 17.0. The minimum absolute atomic E-state index is 0.0971. The lowest BCUT2D eigenvalue weighted by Crippen LogP contribution is -2.29. The molecule has 1 aliphatic carbocycles. The first kappa shape index (κ1) is 27.3. The number of aryl methyl sites for hydroxylation is 2. The molecular formula is C45H34N2O. The summed E-state index contributed by atoms with van der Waals surface area (Å²) in [5.41, 5.74) is 14.4. The van der Waals surface area contributed by atoms with E-state index < -0.39 is 0 Å². The molecule has 0 fully saturated rings. The number of allylic oxidation sites excluding steroid dienone is 2. The monoisotopic (exact) mass is 618 g/mol. The van der Waals surface area contributed by atoms with E-state index >= 15 is 0 Å². The van der Waals surface area contributed by atoms with Crippen LogP contribution in [0.4, 0.5) is 11.4 Å². The highest BCUT2D eigenvalue weighted by Gasteiger charge is 2.41. The number of aromatic nitrogens is 1. The van der Waals surface area contributed by atoms with Gasteiger partial charge in [-0.05, 0) is 78.6 Å². The molecule has 0 bridgehead atoms. The lowest BCUT2D eigenvalue weighted by atomic mass is 9.85. The molecule has 1 aliphatic heterocycles. The molecule has 0 saturated heterocycles. The van der Waals surface area contributed by atoms with E-state index in [1.54, 1.807) is 0 Å². The second kappa shape index (κ2) is 10.4. The third kappa shape index (κ3) is 3.82. The Morgan fingerprint density at radius 3 is 2.35 bits per heavy atom. The highest BCUT2D eigenvalue weighted by molar-refractivity contribution is 6.11. The Labute approximate surface area is 279 Å². The maximum Gasteiger partial charge on any atom is 0.141 e. The van der Waals surface area contributed by atoms with Crippen molar-refractivity contribution in [1.82, 2.24) is 4.57 Å². The van der Waals surface area contributed by atoms with Crippen LogP contribution < -0.4 is 4.90 Å². The molecule has 230 valence electrons. The Morgan fingerprint density at radius 1 is 0.688 bits per heavy atom. The number of anilines is 2. The quantitative estimate of drug-likeness (QED) is 0.196. The first-order valence-corrected chi connectivity index (χ1v) is 17.0. The van der Waals surface area contributed by atoms with Gasteiger partial charge in [-0.25, -0.2) is 0 Å². The van der Waals surface area contributed by atoms with Gasteiger partial charge in [0.25, 0.3) is 0 Å². The predicted molar refractivity (Wildman–Crippen MR) is 201 cm³/mol. The molecule has 48 heavy (non-hydrogen) atoms. The molecule has 3 heterocycles. The second-order valence-electron chi connectivity index (χ2n) is 13.2. The minimum atomic E-state index is 0.0971. The largest absolute Gasteiger partial charge is 0.456 e. The number of nitrogens with zero attached hydrogens (tertiary/aromatic N) is 2. The predicted octanol–water partition coefficient (Wildman–Crippen LogP) is 11.8. The van der Waals surface area contributed by atoms with Crippen LogP contribution in [0.5, 0.6) is 0 Å². The van der Waals surface area contributed by atoms with E-state index in [9.17, 15) is 0 Å². The molecule has 8 aromatic rings. The van der Waals surface area contributed by atoms with Crippen molar-refractivity contribution >= 4 is 60.7 Å². The fraction of sp³-hybridized carbons (Fsp3) is 0.111. The van der Waals surface area contributed by atoms with E-state index in [1.807, 2.05) is 0 Å². The normalized spacial score (nSPS) is 17.0. The maximum atomic E-state index is 6.64. The van der Waals surface area contributed by atoms with Crippen LogP contribution in [-0.2, 0) is 6.42 Å². The molecule has 2 unspecified atom stereocenters. The van der Waals surface area contributed by atoms with Crippen LogP contribution in [0.1, 0.15) is 35.1 Å². The summed E-state index contributed by atoms with van der Waals surface area (Å²) in [5.74, 6) is 0.155. The Balaban J connectivity index is 1.19. The van der Waals surface area contributed by atoms with Crippen LogP contribution in [0.25, 0.3) is 55.0 Å². The fourth-order valence-corrected chi connectivity index (χ4v) is 8.41. The lowest BCUT2D eigenvalue weighted by molar-refractivity contribution is 0.656. The molecule has 0 N–H and O–H groups in total. The summed E-state index contributed by atoms with van der Waals surface area (Å²) in [6.45, 7) is 4.48. The van der Waals surface area contributed by atoms with Gasteiger partial charge in [-0.3, -0.25) is 0 Å². The van der Waals surface area contributed by atoms with Gasteiger partial charge in [-0.15, -0.1) is 0 Å². The minimum Gasteiger partial charge on any atom is -0.456 e. The van der Waals surface area contributed by atoms with E-state index in [-0.39, 0.29) is 12.0 Å². The molecule has 0 saturated carbocycles. The Hall–Kier alpha value is -5.80. The number of hydrogen-bond donors (Lipinski definition) is 0. The number of hydrogen-bond acceptors (Lipinski definition) is 2. The van der Waals surface area contributed by atoms with Crippen LogP contribution in [-0.4, -0.2) is 10.6 Å². The summed E-state index contributed by atoms with van der Waals surface area (Å²) in [4.78, 5) is 2.51. The van der Waals surface area contributed by atoms with Gasteiger partial charge in [0.05, 0.1) is 22.8 Å². The van der Waals surface area contributed by atoms with Gasteiger partial charge in [-0.2, -0.15) is 0 Å². The van der Waals surface area contributed by atoms with E-state index in [2.05, 4.69) is 169 Å². The molecule has 6 aromatic carbocycles. The SMILES string of the molecule is CCc1ccc2c(c1)c1ccccc1n2-c1c(C)cccc1C1=CC2C(C=C1)c1c(ccc3c1oc1ccccc13)N2c1ccccc1. The third-order valence-corrected chi connectivity index (χ3v) is 10.6. The van der Waals surface area contributed by atoms with Crippen LogP contribution >= 0.6 is 0 Å². The Kier molecular flexibility index (Phi) is 5.89. The summed E-state index contributed by atoms with van der Waals surface area (Å²) in [6.07, 6.45) is 8.28. The number of rotatable bonds is 4. The van der Waals surface area contributed by atoms with Gasteiger partial charge >= 0.3 is 0 Å². The maximum absolute atomic E-state index is 6.64. The molecule has 0 amide bonds. The zero-order valence-electron chi connectivity index (χ0n) is 27.0. The lowest BCUT2D eigenvalue weighted by Gasteiger charge is -2.30. The summed E-state index contributed by atoms with van der Waals surface area (Å²) in [5, 5.41) is 4.95. The van der Waals surface area contributed by atoms with Gasteiger partial charge in [0, 0.05) is 50.0 Å². The van der Waals surface area contributed by atoms with Gasteiger partial charge in [-0.1, -0.05) is 104 Å². The zero-order valence-corrected chi connectivity index (χ0v) is 27.0. The van der Waals surface area contributed by atoms with Crippen molar-refractivity contribution in [2.75, 3.05) is 4.90 Å². The number of fused-ring (bicyclic) bond motifs is 10. The first-order chi connectivity index (χ1) is 23.7. The molecule has 0 spiro atoms. The topological polar surface area (TPSA) is 21.3 Å². The third-order valence-electron chi connectivity index (χ3n) is 10.6. The van der Waals surface area contributed by atoms with E-state index in [1.165, 1.54) is 77.5 Å².